The molecule has 2 aromatic carbocycles. The van der Waals surface area contributed by atoms with E-state index >= 15 is 0 Å². The molecule has 0 aliphatic heterocycles. The maximum Gasteiger partial charge on any atom is 0.349 e. The van der Waals surface area contributed by atoms with E-state index in [1.54, 1.807) is 6.07 Å². The van der Waals surface area contributed by atoms with E-state index in [0.717, 1.165) is 10.5 Å². The minimum atomic E-state index is -3.55. The molecule has 0 aliphatic rings. The van der Waals surface area contributed by atoms with Crippen LogP contribution >= 0.6 is 12.4 Å². The Labute approximate surface area is 146 Å². The van der Waals surface area contributed by atoms with Crippen LogP contribution in [0.1, 0.15) is 11.1 Å². The quantitative estimate of drug-likeness (QED) is 0.829. The minimum Gasteiger partial charge on any atom is -0.336 e. The van der Waals surface area contributed by atoms with E-state index in [4.69, 9.17) is 5.73 Å². The predicted octanol–water partition coefficient (Wildman–Crippen LogP) is 3.23. The summed E-state index contributed by atoms with van der Waals surface area (Å²) in [4.78, 5) is 13.4. The molecule has 130 valence electrons. The molecular formula is C18H21ClF2N2O. The molecular weight excluding hydrogens is 334 g/mol. The third kappa shape index (κ3) is 5.01. The molecule has 24 heavy (non-hydrogen) atoms. The van der Waals surface area contributed by atoms with Gasteiger partial charge in [0.2, 0.25) is 0 Å². The van der Waals surface area contributed by atoms with Crippen LogP contribution in [0.15, 0.2) is 60.7 Å². The Morgan fingerprint density at radius 3 is 2.04 bits per heavy atom. The molecule has 3 nitrogen and oxygen atoms in total. The van der Waals surface area contributed by atoms with Crippen LogP contribution in [0.3, 0.4) is 0 Å². The molecule has 0 fully saturated rings. The highest BCUT2D eigenvalue weighted by Gasteiger charge is 2.43. The van der Waals surface area contributed by atoms with E-state index in [0.29, 0.717) is 6.42 Å². The summed E-state index contributed by atoms with van der Waals surface area (Å²) in [5, 5.41) is 0. The van der Waals surface area contributed by atoms with Gasteiger partial charge in [0.25, 0.3) is 5.91 Å². The summed E-state index contributed by atoms with van der Waals surface area (Å²) in [6, 6.07) is 16.6. The zero-order valence-corrected chi connectivity index (χ0v) is 14.0. The maximum atomic E-state index is 14.4. The molecule has 0 heterocycles. The lowest BCUT2D eigenvalue weighted by molar-refractivity contribution is -0.158. The molecule has 2 rings (SSSR count). The Balaban J connectivity index is 0.00000288. The zero-order chi connectivity index (χ0) is 16.7. The molecule has 0 spiro atoms. The lowest BCUT2D eigenvalue weighted by Gasteiger charge is -2.27. The van der Waals surface area contributed by atoms with Crippen molar-refractivity contribution in [1.82, 2.24) is 4.90 Å². The van der Waals surface area contributed by atoms with Gasteiger partial charge in [-0.05, 0) is 12.0 Å². The second-order valence-corrected chi connectivity index (χ2v) is 5.26. The van der Waals surface area contributed by atoms with E-state index in [-0.39, 0.29) is 37.6 Å². The van der Waals surface area contributed by atoms with Gasteiger partial charge in [-0.1, -0.05) is 60.7 Å². The van der Waals surface area contributed by atoms with Gasteiger partial charge in [0.15, 0.2) is 0 Å². The first-order chi connectivity index (χ1) is 11.1. The highest BCUT2D eigenvalue weighted by Crippen LogP contribution is 2.30. The van der Waals surface area contributed by atoms with Crippen LogP contribution in [0.5, 0.6) is 0 Å². The number of hydrogen-bond acceptors (Lipinski definition) is 2. The summed E-state index contributed by atoms with van der Waals surface area (Å²) in [5.41, 5.74) is 6.17. The largest absolute Gasteiger partial charge is 0.349 e. The molecule has 0 bridgehead atoms. The predicted molar refractivity (Wildman–Crippen MR) is 93.4 cm³/mol. The minimum absolute atomic E-state index is 0. The smallest absolute Gasteiger partial charge is 0.336 e. The van der Waals surface area contributed by atoms with Gasteiger partial charge < -0.3 is 10.6 Å². The van der Waals surface area contributed by atoms with Crippen LogP contribution in [0.4, 0.5) is 8.78 Å². The van der Waals surface area contributed by atoms with Crippen molar-refractivity contribution in [3.05, 3.63) is 71.8 Å². The molecule has 0 saturated heterocycles. The van der Waals surface area contributed by atoms with Crippen LogP contribution in [0.2, 0.25) is 0 Å². The monoisotopic (exact) mass is 354 g/mol. The molecule has 0 saturated carbocycles. The van der Waals surface area contributed by atoms with Gasteiger partial charge in [-0.25, -0.2) is 0 Å². The first-order valence-electron chi connectivity index (χ1n) is 7.52. The Morgan fingerprint density at radius 2 is 1.50 bits per heavy atom. The Kier molecular flexibility index (Phi) is 7.82. The molecule has 6 heteroatoms. The lowest BCUT2D eigenvalue weighted by atomic mass is 10.1. The van der Waals surface area contributed by atoms with E-state index in [2.05, 4.69) is 0 Å². The first kappa shape index (κ1) is 20.1. The number of benzene rings is 2. The van der Waals surface area contributed by atoms with Crippen molar-refractivity contribution >= 4 is 18.3 Å². The Hall–Kier alpha value is -1.98. The van der Waals surface area contributed by atoms with Crippen LogP contribution in [-0.4, -0.2) is 30.4 Å². The summed E-state index contributed by atoms with van der Waals surface area (Å²) >= 11 is 0. The van der Waals surface area contributed by atoms with E-state index < -0.39 is 11.8 Å². The number of amides is 1. The topological polar surface area (TPSA) is 46.3 Å². The summed E-state index contributed by atoms with van der Waals surface area (Å²) < 4.78 is 28.8. The van der Waals surface area contributed by atoms with Crippen molar-refractivity contribution in [3.8, 4) is 0 Å². The molecule has 1 amide bonds. The summed E-state index contributed by atoms with van der Waals surface area (Å²) in [6.07, 6.45) is 0.511. The molecule has 2 aromatic rings. The summed E-state index contributed by atoms with van der Waals surface area (Å²) in [6.45, 7) is 0.460. The zero-order valence-electron chi connectivity index (χ0n) is 13.2. The van der Waals surface area contributed by atoms with Gasteiger partial charge in [0, 0.05) is 25.2 Å². The highest BCUT2D eigenvalue weighted by atomic mass is 35.5. The number of rotatable bonds is 7. The van der Waals surface area contributed by atoms with Crippen LogP contribution in [-0.2, 0) is 17.1 Å². The Bertz CT molecular complexity index is 623. The number of hydrogen-bond donors (Lipinski definition) is 1. The van der Waals surface area contributed by atoms with Gasteiger partial charge in [-0.15, -0.1) is 12.4 Å². The summed E-state index contributed by atoms with van der Waals surface area (Å²) in [7, 11) is 0. The second kappa shape index (κ2) is 9.35. The average Bonchev–Trinajstić information content (AvgIpc) is 2.59. The fraction of sp³-hybridized carbons (Fsp3) is 0.278. The van der Waals surface area contributed by atoms with Gasteiger partial charge in [-0.3, -0.25) is 4.79 Å². The van der Waals surface area contributed by atoms with E-state index in [1.165, 1.54) is 24.3 Å². The lowest BCUT2D eigenvalue weighted by Crippen LogP contribution is -2.45. The Morgan fingerprint density at radius 1 is 0.958 bits per heavy atom. The van der Waals surface area contributed by atoms with Crippen molar-refractivity contribution in [2.45, 2.75) is 12.3 Å². The molecule has 0 radical (unpaired) electrons. The van der Waals surface area contributed by atoms with Gasteiger partial charge in [0.1, 0.15) is 0 Å². The number of halogens is 3. The van der Waals surface area contributed by atoms with Gasteiger partial charge >= 0.3 is 5.92 Å². The van der Waals surface area contributed by atoms with Crippen molar-refractivity contribution in [2.75, 3.05) is 19.6 Å². The maximum absolute atomic E-state index is 14.4. The fourth-order valence-electron chi connectivity index (χ4n) is 2.35. The number of nitrogens with two attached hydrogens (primary N) is 1. The number of alkyl halides is 2. The normalized spacial score (nSPS) is 10.8. The molecule has 0 aromatic heterocycles. The van der Waals surface area contributed by atoms with Crippen molar-refractivity contribution in [2.24, 2.45) is 5.73 Å². The molecule has 0 aliphatic carbocycles. The third-order valence-corrected chi connectivity index (χ3v) is 3.60. The van der Waals surface area contributed by atoms with Crippen molar-refractivity contribution < 1.29 is 13.6 Å². The number of nitrogens with zero attached hydrogens (tertiary/aromatic N) is 1. The SMILES string of the molecule is Cl.NCCN(CCc1ccccc1)C(=O)C(F)(F)c1ccccc1. The van der Waals surface area contributed by atoms with Crippen LogP contribution in [0.25, 0.3) is 0 Å². The van der Waals surface area contributed by atoms with Gasteiger partial charge in [0.05, 0.1) is 0 Å². The molecule has 0 atom stereocenters. The van der Waals surface area contributed by atoms with Crippen LogP contribution in [0, 0.1) is 0 Å². The van der Waals surface area contributed by atoms with Crippen LogP contribution < -0.4 is 5.73 Å². The fourth-order valence-corrected chi connectivity index (χ4v) is 2.35. The second-order valence-electron chi connectivity index (χ2n) is 5.26. The average molecular weight is 355 g/mol. The van der Waals surface area contributed by atoms with Crippen molar-refractivity contribution in [1.29, 1.82) is 0 Å². The number of carbonyl (C=O) groups is 1. The molecule has 0 unspecified atom stereocenters. The number of carbonyl (C=O) groups excluding carboxylic acids is 1. The standard InChI is InChI=1S/C18H20F2N2O.ClH/c19-18(20,16-9-5-2-6-10-16)17(23)22(14-12-21)13-11-15-7-3-1-4-8-15;/h1-10H,11-14,21H2;1H. The first-order valence-corrected chi connectivity index (χ1v) is 7.52. The van der Waals surface area contributed by atoms with E-state index in [9.17, 15) is 13.6 Å². The van der Waals surface area contributed by atoms with Gasteiger partial charge in [-0.2, -0.15) is 8.78 Å². The summed E-state index contributed by atoms with van der Waals surface area (Å²) in [5.74, 6) is -4.75. The van der Waals surface area contributed by atoms with E-state index in [1.807, 2.05) is 30.3 Å². The van der Waals surface area contributed by atoms with Crippen molar-refractivity contribution in [3.63, 3.8) is 0 Å². The third-order valence-electron chi connectivity index (χ3n) is 3.60. The highest BCUT2D eigenvalue weighted by molar-refractivity contribution is 5.85. The molecule has 2 N–H and O–H groups in total.